The van der Waals surface area contributed by atoms with Gasteiger partial charge in [0.2, 0.25) is 0 Å². The molecule has 0 atom stereocenters. The summed E-state index contributed by atoms with van der Waals surface area (Å²) in [6.45, 7) is 1.93. The maximum absolute atomic E-state index is 12.6. The van der Waals surface area contributed by atoms with Gasteiger partial charge < -0.3 is 0 Å². The smallest absolute Gasteiger partial charge is 0.261 e. The first kappa shape index (κ1) is 18.0. The summed E-state index contributed by atoms with van der Waals surface area (Å²) in [7, 11) is -3.60. The van der Waals surface area contributed by atoms with Gasteiger partial charge in [0.25, 0.3) is 10.0 Å². The molecule has 0 spiro atoms. The third kappa shape index (κ3) is 4.61. The molecule has 0 aliphatic rings. The van der Waals surface area contributed by atoms with E-state index in [1.165, 1.54) is 0 Å². The van der Waals surface area contributed by atoms with Gasteiger partial charge in [0.1, 0.15) is 0 Å². The molecule has 0 aliphatic carbocycles. The van der Waals surface area contributed by atoms with Crippen LogP contribution in [-0.4, -0.2) is 8.42 Å². The van der Waals surface area contributed by atoms with Gasteiger partial charge in [-0.15, -0.1) is 0 Å². The van der Waals surface area contributed by atoms with Crippen LogP contribution in [0.2, 0.25) is 0 Å². The predicted octanol–water partition coefficient (Wildman–Crippen LogP) is 5.05. The van der Waals surface area contributed by atoms with Crippen LogP contribution in [-0.2, 0) is 16.4 Å². The maximum atomic E-state index is 12.6. The van der Waals surface area contributed by atoms with E-state index in [0.29, 0.717) is 12.1 Å². The van der Waals surface area contributed by atoms with Crippen LogP contribution in [0.5, 0.6) is 0 Å². The quantitative estimate of drug-likeness (QED) is 0.666. The van der Waals surface area contributed by atoms with Gasteiger partial charge in [0.05, 0.1) is 10.6 Å². The average molecular weight is 363 g/mol. The van der Waals surface area contributed by atoms with Crippen molar-refractivity contribution in [1.29, 1.82) is 0 Å². The number of sulfonamides is 1. The number of aryl methyl sites for hydroxylation is 1. The average Bonchev–Trinajstić information content (AvgIpc) is 2.64. The van der Waals surface area contributed by atoms with Crippen LogP contribution >= 0.6 is 0 Å². The van der Waals surface area contributed by atoms with Crippen molar-refractivity contribution in [3.05, 3.63) is 102 Å². The second kappa shape index (κ2) is 8.02. The van der Waals surface area contributed by atoms with E-state index in [2.05, 4.69) is 4.72 Å². The van der Waals surface area contributed by atoms with Gasteiger partial charge in [-0.25, -0.2) is 8.42 Å². The van der Waals surface area contributed by atoms with E-state index in [0.717, 1.165) is 16.7 Å². The normalized spacial score (nSPS) is 11.6. The van der Waals surface area contributed by atoms with Crippen molar-refractivity contribution in [2.75, 3.05) is 4.72 Å². The van der Waals surface area contributed by atoms with E-state index in [1.54, 1.807) is 30.3 Å². The molecule has 3 aromatic carbocycles. The molecule has 0 saturated carbocycles. The van der Waals surface area contributed by atoms with Crippen molar-refractivity contribution in [3.63, 3.8) is 0 Å². The Morgan fingerprint density at radius 3 is 2.23 bits per heavy atom. The number of benzene rings is 3. The van der Waals surface area contributed by atoms with Crippen molar-refractivity contribution in [3.8, 4) is 0 Å². The highest BCUT2D eigenvalue weighted by Gasteiger charge is 2.15. The van der Waals surface area contributed by atoms with Crippen molar-refractivity contribution >= 4 is 21.8 Å². The second-order valence-corrected chi connectivity index (χ2v) is 7.78. The van der Waals surface area contributed by atoms with Crippen molar-refractivity contribution in [2.45, 2.75) is 18.2 Å². The van der Waals surface area contributed by atoms with Gasteiger partial charge in [-0.2, -0.15) is 0 Å². The molecule has 26 heavy (non-hydrogen) atoms. The molecule has 0 radical (unpaired) electrons. The van der Waals surface area contributed by atoms with E-state index < -0.39 is 10.0 Å². The fourth-order valence-corrected chi connectivity index (χ4v) is 3.71. The Hall–Kier alpha value is -2.85. The van der Waals surface area contributed by atoms with Crippen molar-refractivity contribution in [2.24, 2.45) is 0 Å². The number of anilines is 1. The molecule has 132 valence electrons. The Bertz CT molecular complexity index is 992. The molecule has 0 amide bonds. The van der Waals surface area contributed by atoms with Crippen LogP contribution in [0.1, 0.15) is 16.7 Å². The van der Waals surface area contributed by atoms with Crippen molar-refractivity contribution in [1.82, 2.24) is 0 Å². The van der Waals surface area contributed by atoms with Crippen LogP contribution in [0, 0.1) is 6.92 Å². The Balaban J connectivity index is 1.78. The Morgan fingerprint density at radius 1 is 0.846 bits per heavy atom. The first-order valence-corrected chi connectivity index (χ1v) is 9.92. The maximum Gasteiger partial charge on any atom is 0.261 e. The summed E-state index contributed by atoms with van der Waals surface area (Å²) in [6, 6.07) is 24.3. The highest BCUT2D eigenvalue weighted by atomic mass is 32.2. The van der Waals surface area contributed by atoms with E-state index in [-0.39, 0.29) is 4.90 Å². The topological polar surface area (TPSA) is 46.2 Å². The standard InChI is InChI=1S/C22H21NO2S/c1-18-14-16-21(17-15-18)26(24,25)23-22-13-6-5-11-20(22)12-7-10-19-8-3-2-4-9-19/h2-11,13-17,23H,12H2,1H3/b10-7+. The lowest BCUT2D eigenvalue weighted by atomic mass is 10.1. The van der Waals surface area contributed by atoms with Gasteiger partial charge in [0, 0.05) is 0 Å². The minimum Gasteiger partial charge on any atom is -0.279 e. The summed E-state index contributed by atoms with van der Waals surface area (Å²) in [4.78, 5) is 0.262. The molecule has 1 N–H and O–H groups in total. The second-order valence-electron chi connectivity index (χ2n) is 6.09. The summed E-state index contributed by atoms with van der Waals surface area (Å²) in [5.74, 6) is 0. The zero-order valence-electron chi connectivity index (χ0n) is 14.6. The largest absolute Gasteiger partial charge is 0.279 e. The number of nitrogens with one attached hydrogen (secondary N) is 1. The van der Waals surface area contributed by atoms with Crippen LogP contribution in [0.25, 0.3) is 6.08 Å². The Morgan fingerprint density at radius 2 is 1.50 bits per heavy atom. The van der Waals surface area contributed by atoms with Crippen LogP contribution in [0.4, 0.5) is 5.69 Å². The third-order valence-corrected chi connectivity index (χ3v) is 5.42. The molecule has 0 aromatic heterocycles. The highest BCUT2D eigenvalue weighted by molar-refractivity contribution is 7.92. The molecular formula is C22H21NO2S. The summed E-state index contributed by atoms with van der Waals surface area (Å²) in [5.41, 5.74) is 3.67. The van der Waals surface area contributed by atoms with Gasteiger partial charge in [0.15, 0.2) is 0 Å². The first-order chi connectivity index (χ1) is 12.5. The highest BCUT2D eigenvalue weighted by Crippen LogP contribution is 2.21. The van der Waals surface area contributed by atoms with Gasteiger partial charge >= 0.3 is 0 Å². The van der Waals surface area contributed by atoms with E-state index in [9.17, 15) is 8.42 Å². The molecule has 0 fully saturated rings. The summed E-state index contributed by atoms with van der Waals surface area (Å²) in [6.07, 6.45) is 4.71. The number of allylic oxidation sites excluding steroid dienone is 1. The number of rotatable bonds is 6. The first-order valence-electron chi connectivity index (χ1n) is 8.43. The molecule has 3 rings (SSSR count). The van der Waals surface area contributed by atoms with E-state index in [1.807, 2.05) is 67.6 Å². The summed E-state index contributed by atoms with van der Waals surface area (Å²) in [5, 5.41) is 0. The minimum absolute atomic E-state index is 0.262. The predicted molar refractivity (Wildman–Crippen MR) is 108 cm³/mol. The molecule has 3 nitrogen and oxygen atoms in total. The molecule has 0 heterocycles. The molecule has 3 aromatic rings. The van der Waals surface area contributed by atoms with E-state index >= 15 is 0 Å². The molecule has 0 unspecified atom stereocenters. The number of hydrogen-bond donors (Lipinski definition) is 1. The lowest BCUT2D eigenvalue weighted by Gasteiger charge is -2.12. The SMILES string of the molecule is Cc1ccc(S(=O)(=O)Nc2ccccc2C/C=C/c2ccccc2)cc1. The summed E-state index contributed by atoms with van der Waals surface area (Å²) < 4.78 is 28.0. The lowest BCUT2D eigenvalue weighted by Crippen LogP contribution is -2.14. The van der Waals surface area contributed by atoms with Crippen molar-refractivity contribution < 1.29 is 8.42 Å². The van der Waals surface area contributed by atoms with Crippen LogP contribution < -0.4 is 4.72 Å². The lowest BCUT2D eigenvalue weighted by molar-refractivity contribution is 0.601. The molecule has 0 aliphatic heterocycles. The fraction of sp³-hybridized carbons (Fsp3) is 0.0909. The monoisotopic (exact) mass is 363 g/mol. The zero-order chi connectivity index (χ0) is 18.4. The zero-order valence-corrected chi connectivity index (χ0v) is 15.4. The molecule has 0 saturated heterocycles. The molecular weight excluding hydrogens is 342 g/mol. The summed E-state index contributed by atoms with van der Waals surface area (Å²) >= 11 is 0. The van der Waals surface area contributed by atoms with E-state index in [4.69, 9.17) is 0 Å². The minimum atomic E-state index is -3.60. The fourth-order valence-electron chi connectivity index (χ4n) is 2.61. The van der Waals surface area contributed by atoms with Crippen LogP contribution in [0.3, 0.4) is 0 Å². The van der Waals surface area contributed by atoms with Gasteiger partial charge in [-0.1, -0.05) is 78.4 Å². The number of hydrogen-bond acceptors (Lipinski definition) is 2. The third-order valence-electron chi connectivity index (χ3n) is 4.04. The van der Waals surface area contributed by atoms with Crippen LogP contribution in [0.15, 0.2) is 89.8 Å². The van der Waals surface area contributed by atoms with Gasteiger partial charge in [-0.3, -0.25) is 4.72 Å². The molecule has 4 heteroatoms. The Kier molecular flexibility index (Phi) is 5.54. The molecule has 0 bridgehead atoms. The Labute approximate surface area is 155 Å². The van der Waals surface area contributed by atoms with Gasteiger partial charge in [-0.05, 0) is 42.7 Å². The number of para-hydroxylation sites is 1.